The number of halogens is 1. The lowest BCUT2D eigenvalue weighted by molar-refractivity contribution is -0.141. The van der Waals surface area contributed by atoms with Crippen LogP contribution < -0.4 is 4.74 Å². The maximum absolute atomic E-state index is 12.3. The Balaban J connectivity index is 1.55. The van der Waals surface area contributed by atoms with Crippen LogP contribution >= 0.6 is 11.6 Å². The molecule has 3 rings (SSSR count). The Morgan fingerprint density at radius 1 is 1.13 bits per heavy atom. The van der Waals surface area contributed by atoms with E-state index in [1.54, 1.807) is 24.3 Å². The van der Waals surface area contributed by atoms with Crippen molar-refractivity contribution in [3.8, 4) is 5.75 Å². The minimum absolute atomic E-state index is 0.00623. The second kappa shape index (κ2) is 6.72. The van der Waals surface area contributed by atoms with Gasteiger partial charge in [-0.1, -0.05) is 23.8 Å². The molecular formula is C17H18ClNO4. The van der Waals surface area contributed by atoms with E-state index in [0.29, 0.717) is 23.6 Å². The lowest BCUT2D eigenvalue weighted by Gasteiger charge is -2.19. The first-order valence-corrected chi connectivity index (χ1v) is 8.00. The number of rotatable bonds is 5. The third kappa shape index (κ3) is 3.41. The first kappa shape index (κ1) is 16.0. The molecule has 2 amide bonds. The van der Waals surface area contributed by atoms with Gasteiger partial charge in [0.05, 0.1) is 18.4 Å². The van der Waals surface area contributed by atoms with Crippen LogP contribution in [0.4, 0.5) is 0 Å². The number of allylic oxidation sites excluding steroid dienone is 2. The Labute approximate surface area is 139 Å². The number of benzene rings is 1. The van der Waals surface area contributed by atoms with Crippen LogP contribution in [-0.4, -0.2) is 41.1 Å². The number of fused-ring (bicyclic) bond motifs is 1. The second-order valence-corrected chi connectivity index (χ2v) is 6.30. The summed E-state index contributed by atoms with van der Waals surface area (Å²) in [7, 11) is 0. The topological polar surface area (TPSA) is 66.8 Å². The van der Waals surface area contributed by atoms with Crippen LogP contribution in [0.3, 0.4) is 0 Å². The fraction of sp³-hybridized carbons (Fsp3) is 0.412. The average Bonchev–Trinajstić information content (AvgIpc) is 2.80. The molecular weight excluding hydrogens is 318 g/mol. The summed E-state index contributed by atoms with van der Waals surface area (Å²) in [6.45, 7) is -0.0233. The molecule has 0 bridgehead atoms. The molecule has 0 radical (unpaired) electrons. The molecule has 1 heterocycles. The van der Waals surface area contributed by atoms with Crippen molar-refractivity contribution in [3.63, 3.8) is 0 Å². The summed E-state index contributed by atoms with van der Waals surface area (Å²) in [5, 5.41) is 10.7. The molecule has 122 valence electrons. The van der Waals surface area contributed by atoms with Gasteiger partial charge in [-0.15, -0.1) is 0 Å². The van der Waals surface area contributed by atoms with E-state index in [9.17, 15) is 14.7 Å². The summed E-state index contributed by atoms with van der Waals surface area (Å²) in [6, 6.07) is 6.77. The number of β-amino-alcohol motifs (C(OH)–C–C–N with tert-alkyl or cyclic N) is 1. The molecule has 0 aromatic heterocycles. The lowest BCUT2D eigenvalue weighted by Crippen LogP contribution is -2.40. The van der Waals surface area contributed by atoms with E-state index in [1.165, 1.54) is 4.90 Å². The van der Waals surface area contributed by atoms with Crippen LogP contribution in [0.1, 0.15) is 12.8 Å². The summed E-state index contributed by atoms with van der Waals surface area (Å²) in [6.07, 6.45) is 4.16. The number of aliphatic hydroxyl groups excluding tert-OH is 1. The zero-order valence-corrected chi connectivity index (χ0v) is 13.3. The number of likely N-dealkylation sites (tertiary alicyclic amines) is 1. The largest absolute Gasteiger partial charge is 0.491 e. The number of ether oxygens (including phenoxy) is 1. The lowest BCUT2D eigenvalue weighted by atomic mass is 9.85. The molecule has 2 aliphatic rings. The van der Waals surface area contributed by atoms with Crippen LogP contribution in [0.5, 0.6) is 5.75 Å². The molecule has 1 N–H and O–H groups in total. The number of aliphatic hydroxyl groups is 1. The minimum Gasteiger partial charge on any atom is -0.491 e. The van der Waals surface area contributed by atoms with E-state index < -0.39 is 6.10 Å². The van der Waals surface area contributed by atoms with Gasteiger partial charge < -0.3 is 9.84 Å². The Morgan fingerprint density at radius 2 is 1.70 bits per heavy atom. The van der Waals surface area contributed by atoms with Gasteiger partial charge in [0.25, 0.3) is 0 Å². The summed E-state index contributed by atoms with van der Waals surface area (Å²) in [5.74, 6) is -0.330. The molecule has 0 saturated carbocycles. The van der Waals surface area contributed by atoms with Crippen LogP contribution in [-0.2, 0) is 9.59 Å². The molecule has 1 saturated heterocycles. The van der Waals surface area contributed by atoms with Crippen LogP contribution in [0.15, 0.2) is 36.4 Å². The first-order chi connectivity index (χ1) is 11.1. The Bertz CT molecular complexity index is 602. The van der Waals surface area contributed by atoms with Crippen LogP contribution in [0.25, 0.3) is 0 Å². The highest BCUT2D eigenvalue weighted by molar-refractivity contribution is 6.30. The molecule has 1 aliphatic heterocycles. The molecule has 1 aliphatic carbocycles. The van der Waals surface area contributed by atoms with E-state index in [4.69, 9.17) is 16.3 Å². The minimum atomic E-state index is -0.924. The van der Waals surface area contributed by atoms with E-state index >= 15 is 0 Å². The maximum Gasteiger partial charge on any atom is 0.233 e. The maximum atomic E-state index is 12.3. The van der Waals surface area contributed by atoms with Gasteiger partial charge in [0.15, 0.2) is 0 Å². The highest BCUT2D eigenvalue weighted by Crippen LogP contribution is 2.35. The first-order valence-electron chi connectivity index (χ1n) is 7.63. The van der Waals surface area contributed by atoms with Gasteiger partial charge in [-0.2, -0.15) is 0 Å². The van der Waals surface area contributed by atoms with E-state index in [1.807, 2.05) is 12.2 Å². The molecule has 3 atom stereocenters. The number of hydrogen-bond donors (Lipinski definition) is 1. The van der Waals surface area contributed by atoms with Crippen molar-refractivity contribution < 1.29 is 19.4 Å². The van der Waals surface area contributed by atoms with E-state index in [0.717, 1.165) is 0 Å². The summed E-state index contributed by atoms with van der Waals surface area (Å²) < 4.78 is 5.45. The Hall–Kier alpha value is -1.85. The van der Waals surface area contributed by atoms with Gasteiger partial charge in [-0.25, -0.2) is 0 Å². The standard InChI is InChI=1S/C17H18ClNO4/c18-11-5-7-13(8-6-11)23-10-12(20)9-19-16(21)14-3-1-2-4-15(14)17(19)22/h1-2,5-8,12,14-15,20H,3-4,9-10H2/t12-,14-,15-/m1/s1. The zero-order valence-electron chi connectivity index (χ0n) is 12.5. The zero-order chi connectivity index (χ0) is 16.4. The quantitative estimate of drug-likeness (QED) is 0.660. The predicted octanol–water partition coefficient (Wildman–Crippen LogP) is 2.03. The third-order valence-electron chi connectivity index (χ3n) is 4.25. The molecule has 1 aromatic carbocycles. The number of amides is 2. The molecule has 1 fully saturated rings. The third-order valence-corrected chi connectivity index (χ3v) is 4.50. The van der Waals surface area contributed by atoms with Gasteiger partial charge in [-0.3, -0.25) is 14.5 Å². The summed E-state index contributed by atoms with van der Waals surface area (Å²) in [4.78, 5) is 25.8. The van der Waals surface area contributed by atoms with Crippen molar-refractivity contribution in [2.45, 2.75) is 18.9 Å². The van der Waals surface area contributed by atoms with Crippen LogP contribution in [0, 0.1) is 11.8 Å². The number of hydrogen-bond acceptors (Lipinski definition) is 4. The van der Waals surface area contributed by atoms with E-state index in [-0.39, 0.29) is 36.8 Å². The number of carbonyl (C=O) groups excluding carboxylic acids is 2. The van der Waals surface area contributed by atoms with Crippen molar-refractivity contribution in [3.05, 3.63) is 41.4 Å². The highest BCUT2D eigenvalue weighted by Gasteiger charge is 2.47. The fourth-order valence-corrected chi connectivity index (χ4v) is 3.16. The molecule has 6 heteroatoms. The average molecular weight is 336 g/mol. The van der Waals surface area contributed by atoms with Gasteiger partial charge in [0.2, 0.25) is 11.8 Å². The van der Waals surface area contributed by atoms with Crippen molar-refractivity contribution in [2.75, 3.05) is 13.2 Å². The predicted molar refractivity (Wildman–Crippen MR) is 85.0 cm³/mol. The Morgan fingerprint density at radius 3 is 2.26 bits per heavy atom. The summed E-state index contributed by atoms with van der Waals surface area (Å²) >= 11 is 5.79. The number of imide groups is 1. The molecule has 0 unspecified atom stereocenters. The molecule has 1 aromatic rings. The SMILES string of the molecule is O=C1[C@@H]2CC=CC[C@H]2C(=O)N1C[C@@H](O)COc1ccc(Cl)cc1. The highest BCUT2D eigenvalue weighted by atomic mass is 35.5. The van der Waals surface area contributed by atoms with Gasteiger partial charge >= 0.3 is 0 Å². The molecule has 23 heavy (non-hydrogen) atoms. The monoisotopic (exact) mass is 335 g/mol. The smallest absolute Gasteiger partial charge is 0.233 e. The van der Waals surface area contributed by atoms with Gasteiger partial charge in [0, 0.05) is 5.02 Å². The van der Waals surface area contributed by atoms with Crippen molar-refractivity contribution in [1.82, 2.24) is 4.90 Å². The molecule has 5 nitrogen and oxygen atoms in total. The van der Waals surface area contributed by atoms with E-state index in [2.05, 4.69) is 0 Å². The fourth-order valence-electron chi connectivity index (χ4n) is 3.04. The van der Waals surface area contributed by atoms with Crippen molar-refractivity contribution >= 4 is 23.4 Å². The summed E-state index contributed by atoms with van der Waals surface area (Å²) in [5.41, 5.74) is 0. The Kier molecular flexibility index (Phi) is 4.68. The second-order valence-electron chi connectivity index (χ2n) is 5.86. The molecule has 0 spiro atoms. The van der Waals surface area contributed by atoms with Crippen molar-refractivity contribution in [1.29, 1.82) is 0 Å². The number of carbonyl (C=O) groups is 2. The van der Waals surface area contributed by atoms with Gasteiger partial charge in [-0.05, 0) is 37.1 Å². The number of nitrogens with zero attached hydrogens (tertiary/aromatic N) is 1. The van der Waals surface area contributed by atoms with Crippen molar-refractivity contribution in [2.24, 2.45) is 11.8 Å². The van der Waals surface area contributed by atoms with Gasteiger partial charge in [0.1, 0.15) is 18.5 Å². The normalized spacial score (nSPS) is 24.7. The van der Waals surface area contributed by atoms with Crippen LogP contribution in [0.2, 0.25) is 5.02 Å².